The maximum absolute atomic E-state index is 12.6. The molecule has 1 N–H and O–H groups in total. The molecule has 7 nitrogen and oxygen atoms in total. The average Bonchev–Trinajstić information content (AvgIpc) is 3.06. The number of hydrogen-bond acceptors (Lipinski definition) is 7. The van der Waals surface area contributed by atoms with Gasteiger partial charge in [-0.1, -0.05) is 6.07 Å². The van der Waals surface area contributed by atoms with E-state index in [1.807, 2.05) is 12.3 Å². The number of ether oxygens (including phenoxy) is 2. The Hall–Kier alpha value is -3.13. The molecular weight excluding hydrogens is 392 g/mol. The highest BCUT2D eigenvalue weighted by Crippen LogP contribution is 2.25. The van der Waals surface area contributed by atoms with Crippen LogP contribution in [0.2, 0.25) is 0 Å². The summed E-state index contributed by atoms with van der Waals surface area (Å²) in [6.45, 7) is 0.0984. The van der Waals surface area contributed by atoms with Crippen LogP contribution in [0, 0.1) is 5.41 Å². The van der Waals surface area contributed by atoms with Crippen LogP contribution in [0.1, 0.15) is 31.8 Å². The third-order valence-electron chi connectivity index (χ3n) is 4.55. The van der Waals surface area contributed by atoms with Gasteiger partial charge in [-0.3, -0.25) is 15.0 Å². The van der Waals surface area contributed by atoms with Gasteiger partial charge < -0.3 is 14.4 Å². The van der Waals surface area contributed by atoms with Gasteiger partial charge >= 0.3 is 5.97 Å². The number of hydrogen-bond donors (Lipinski definition) is 1. The van der Waals surface area contributed by atoms with Crippen molar-refractivity contribution in [1.82, 2.24) is 4.90 Å². The lowest BCUT2D eigenvalue weighted by Crippen LogP contribution is -2.30. The van der Waals surface area contributed by atoms with Crippen molar-refractivity contribution in [2.45, 2.75) is 6.54 Å². The van der Waals surface area contributed by atoms with Crippen LogP contribution in [0.4, 0.5) is 0 Å². The number of amides is 1. The van der Waals surface area contributed by atoms with Crippen molar-refractivity contribution >= 4 is 34.5 Å². The van der Waals surface area contributed by atoms with Gasteiger partial charge in [0.25, 0.3) is 5.91 Å². The molecule has 150 valence electrons. The minimum atomic E-state index is -0.493. The fraction of sp³-hybridized carbons (Fsp3) is 0.238. The lowest BCUT2D eigenvalue weighted by molar-refractivity contribution is -0.142. The van der Waals surface area contributed by atoms with E-state index in [0.29, 0.717) is 28.5 Å². The normalized spacial score (nSPS) is 12.5. The van der Waals surface area contributed by atoms with Crippen LogP contribution >= 0.6 is 11.8 Å². The molecule has 1 aliphatic heterocycles. The summed E-state index contributed by atoms with van der Waals surface area (Å²) >= 11 is 1.33. The fourth-order valence-corrected chi connectivity index (χ4v) is 3.33. The summed E-state index contributed by atoms with van der Waals surface area (Å²) in [6.07, 6.45) is 1.83. The lowest BCUT2D eigenvalue weighted by atomic mass is 10.1. The molecule has 0 aliphatic carbocycles. The summed E-state index contributed by atoms with van der Waals surface area (Å²) in [5, 5.41) is 8.36. The number of methoxy groups -OCH3 is 1. The third-order valence-corrected chi connectivity index (χ3v) is 5.19. The molecule has 0 aromatic heterocycles. The van der Waals surface area contributed by atoms with Gasteiger partial charge in [0.1, 0.15) is 5.75 Å². The van der Waals surface area contributed by atoms with Gasteiger partial charge in [-0.05, 0) is 48.2 Å². The number of carbonyl (C=O) groups excluding carboxylic acids is 3. The van der Waals surface area contributed by atoms with Crippen molar-refractivity contribution in [3.05, 3.63) is 64.7 Å². The first kappa shape index (κ1) is 20.6. The van der Waals surface area contributed by atoms with Crippen molar-refractivity contribution in [2.75, 3.05) is 26.5 Å². The van der Waals surface area contributed by atoms with E-state index in [0.717, 1.165) is 11.1 Å². The Balaban J connectivity index is 1.64. The topological polar surface area (TPSA) is 96.8 Å². The van der Waals surface area contributed by atoms with Gasteiger partial charge in [-0.2, -0.15) is 0 Å². The zero-order valence-electron chi connectivity index (χ0n) is 16.1. The monoisotopic (exact) mass is 412 g/mol. The number of nitrogens with one attached hydrogen (secondary N) is 1. The maximum Gasteiger partial charge on any atom is 0.343 e. The summed E-state index contributed by atoms with van der Waals surface area (Å²) in [5.41, 5.74) is 2.61. The van der Waals surface area contributed by atoms with E-state index in [9.17, 15) is 14.4 Å². The maximum atomic E-state index is 12.6. The summed E-state index contributed by atoms with van der Waals surface area (Å²) in [5.74, 6) is -0.426. The molecule has 2 aromatic rings. The second kappa shape index (κ2) is 8.91. The van der Waals surface area contributed by atoms with Crippen LogP contribution in [-0.2, 0) is 16.1 Å². The Kier molecular flexibility index (Phi) is 6.33. The van der Waals surface area contributed by atoms with Crippen LogP contribution in [0.15, 0.2) is 42.5 Å². The van der Waals surface area contributed by atoms with Crippen LogP contribution in [0.25, 0.3) is 0 Å². The summed E-state index contributed by atoms with van der Waals surface area (Å²) in [7, 11) is 1.28. The molecule has 29 heavy (non-hydrogen) atoms. The molecule has 0 radical (unpaired) electrons. The van der Waals surface area contributed by atoms with E-state index in [4.69, 9.17) is 10.1 Å². The summed E-state index contributed by atoms with van der Waals surface area (Å²) in [4.78, 5) is 37.8. The van der Waals surface area contributed by atoms with Crippen molar-refractivity contribution in [3.8, 4) is 5.75 Å². The van der Waals surface area contributed by atoms with Gasteiger partial charge in [0, 0.05) is 23.2 Å². The van der Waals surface area contributed by atoms with Gasteiger partial charge in [-0.15, -0.1) is 11.8 Å². The highest BCUT2D eigenvalue weighted by atomic mass is 32.2. The predicted molar refractivity (Wildman–Crippen MR) is 110 cm³/mol. The number of esters is 1. The summed E-state index contributed by atoms with van der Waals surface area (Å²) < 4.78 is 9.76. The van der Waals surface area contributed by atoms with Gasteiger partial charge in [0.2, 0.25) is 0 Å². The molecule has 0 saturated carbocycles. The average molecular weight is 412 g/mol. The highest BCUT2D eigenvalue weighted by molar-refractivity contribution is 8.13. The molecule has 2 aromatic carbocycles. The largest absolute Gasteiger partial charge is 0.482 e. The number of fused-ring (bicyclic) bond motifs is 1. The molecule has 0 fully saturated rings. The second-order valence-corrected chi connectivity index (χ2v) is 7.20. The van der Waals surface area contributed by atoms with Crippen LogP contribution in [0.3, 0.4) is 0 Å². The molecule has 0 atom stereocenters. The number of thioether (sulfide) groups is 1. The highest BCUT2D eigenvalue weighted by Gasteiger charge is 2.29. The van der Waals surface area contributed by atoms with Crippen molar-refractivity contribution < 1.29 is 23.9 Å². The third kappa shape index (κ3) is 4.65. The van der Waals surface area contributed by atoms with Crippen molar-refractivity contribution in [1.29, 1.82) is 5.41 Å². The molecule has 0 spiro atoms. The van der Waals surface area contributed by atoms with E-state index in [-0.39, 0.29) is 24.8 Å². The predicted octanol–water partition coefficient (Wildman–Crippen LogP) is 2.77. The van der Waals surface area contributed by atoms with Gasteiger partial charge in [0.05, 0.1) is 18.7 Å². The van der Waals surface area contributed by atoms with E-state index < -0.39 is 5.97 Å². The number of benzene rings is 2. The Labute approximate surface area is 172 Å². The molecular formula is C21H20N2O5S. The van der Waals surface area contributed by atoms with E-state index >= 15 is 0 Å². The molecule has 0 saturated heterocycles. The fourth-order valence-electron chi connectivity index (χ4n) is 2.97. The zero-order chi connectivity index (χ0) is 21.0. The second-order valence-electron chi connectivity index (χ2n) is 6.38. The van der Waals surface area contributed by atoms with Crippen LogP contribution in [-0.4, -0.2) is 54.1 Å². The van der Waals surface area contributed by atoms with Crippen molar-refractivity contribution in [3.63, 3.8) is 0 Å². The number of carbonyl (C=O) groups is 3. The summed E-state index contributed by atoms with van der Waals surface area (Å²) in [6, 6.07) is 11.7. The number of ketones is 1. The molecule has 8 heteroatoms. The van der Waals surface area contributed by atoms with Crippen molar-refractivity contribution in [2.24, 2.45) is 0 Å². The number of nitrogens with zero attached hydrogens (tertiary/aromatic N) is 1. The zero-order valence-corrected chi connectivity index (χ0v) is 16.9. The molecule has 1 amide bonds. The quantitative estimate of drug-likeness (QED) is 0.325. The van der Waals surface area contributed by atoms with Crippen LogP contribution < -0.4 is 4.74 Å². The molecule has 1 aliphatic rings. The van der Waals surface area contributed by atoms with Gasteiger partial charge in [0.15, 0.2) is 12.4 Å². The van der Waals surface area contributed by atoms with E-state index in [1.54, 1.807) is 36.4 Å². The smallest absolute Gasteiger partial charge is 0.343 e. The molecule has 0 bridgehead atoms. The van der Waals surface area contributed by atoms with Crippen LogP contribution in [0.5, 0.6) is 5.75 Å². The first-order valence-corrected chi connectivity index (χ1v) is 10.0. The minimum Gasteiger partial charge on any atom is -0.482 e. The molecule has 1 heterocycles. The molecule has 0 unspecified atom stereocenters. The Morgan fingerprint density at radius 1 is 1.14 bits per heavy atom. The number of Topliss-reactive ketones (excluding diaryl/α,β-unsaturated/α-hetero) is 1. The molecule has 3 rings (SSSR count). The Bertz CT molecular complexity index is 972. The minimum absolute atomic E-state index is 0.0365. The Morgan fingerprint density at radius 2 is 1.83 bits per heavy atom. The van der Waals surface area contributed by atoms with E-state index in [2.05, 4.69) is 4.74 Å². The SMILES string of the molecule is COC(=O)COc1ccc(C(=O)CN2Cc3cc(C(=N)SC)ccc3C2=O)cc1. The first-order chi connectivity index (χ1) is 13.9. The van der Waals surface area contributed by atoms with Gasteiger partial charge in [-0.25, -0.2) is 4.79 Å². The first-order valence-electron chi connectivity index (χ1n) is 8.81. The Morgan fingerprint density at radius 3 is 2.48 bits per heavy atom. The standard InChI is InChI=1S/C21H20N2O5S/c1-27-19(25)12-28-16-6-3-13(4-7-16)18(24)11-23-10-15-9-14(20(22)29-2)5-8-17(15)21(23)26/h3-9,22H,10-12H2,1-2H3. The number of rotatable bonds is 7. The lowest BCUT2D eigenvalue weighted by Gasteiger charge is -2.14. The van der Waals surface area contributed by atoms with E-state index in [1.165, 1.54) is 23.8 Å².